The third-order valence-corrected chi connectivity index (χ3v) is 4.45. The first-order valence-electron chi connectivity index (χ1n) is 7.13. The molecule has 1 fully saturated rings. The van der Waals surface area contributed by atoms with Crippen LogP contribution in [0.5, 0.6) is 0 Å². The molecule has 0 radical (unpaired) electrons. The molecular formula is C16H24ClN. The second kappa shape index (κ2) is 6.08. The summed E-state index contributed by atoms with van der Waals surface area (Å²) in [5, 5.41) is 0.877. The van der Waals surface area contributed by atoms with Gasteiger partial charge in [-0.25, -0.2) is 0 Å². The van der Waals surface area contributed by atoms with E-state index in [-0.39, 0.29) is 5.54 Å². The van der Waals surface area contributed by atoms with E-state index in [4.69, 9.17) is 17.3 Å². The highest BCUT2D eigenvalue weighted by molar-refractivity contribution is 6.31. The van der Waals surface area contributed by atoms with Crippen LogP contribution in [-0.4, -0.2) is 5.54 Å². The molecule has 18 heavy (non-hydrogen) atoms. The van der Waals surface area contributed by atoms with Gasteiger partial charge in [0.05, 0.1) is 0 Å². The molecule has 0 aromatic heterocycles. The fourth-order valence-corrected chi connectivity index (χ4v) is 3.26. The molecule has 2 N–H and O–H groups in total. The van der Waals surface area contributed by atoms with Crippen molar-refractivity contribution in [3.05, 3.63) is 34.3 Å². The first kappa shape index (κ1) is 13.9. The van der Waals surface area contributed by atoms with Crippen molar-refractivity contribution in [2.75, 3.05) is 0 Å². The second-order valence-corrected chi connectivity index (χ2v) is 6.31. The molecule has 1 aromatic carbocycles. The molecule has 2 rings (SSSR count). The summed E-state index contributed by atoms with van der Waals surface area (Å²) in [5.74, 6) is 0. The Balaban J connectivity index is 2.09. The molecule has 1 aliphatic rings. The molecule has 1 aromatic rings. The van der Waals surface area contributed by atoms with Gasteiger partial charge < -0.3 is 5.73 Å². The van der Waals surface area contributed by atoms with Gasteiger partial charge in [0.25, 0.3) is 0 Å². The SMILES string of the molecule is Cc1ccc(CC2(N)CCCCCCC2)c(Cl)c1. The van der Waals surface area contributed by atoms with Gasteiger partial charge >= 0.3 is 0 Å². The van der Waals surface area contributed by atoms with Gasteiger partial charge in [-0.2, -0.15) is 0 Å². The Labute approximate surface area is 116 Å². The van der Waals surface area contributed by atoms with Gasteiger partial charge in [0.2, 0.25) is 0 Å². The standard InChI is InChI=1S/C16H24ClN/c1-13-7-8-14(15(17)11-13)12-16(18)9-5-3-2-4-6-10-16/h7-8,11H,2-6,9-10,12,18H2,1H3. The van der Waals surface area contributed by atoms with E-state index in [1.165, 1.54) is 43.2 Å². The molecule has 0 saturated heterocycles. The Morgan fingerprint density at radius 2 is 1.72 bits per heavy atom. The van der Waals surface area contributed by atoms with E-state index in [9.17, 15) is 0 Å². The summed E-state index contributed by atoms with van der Waals surface area (Å²) in [6, 6.07) is 6.32. The number of benzene rings is 1. The van der Waals surface area contributed by atoms with E-state index in [0.717, 1.165) is 24.3 Å². The predicted octanol–water partition coefficient (Wildman–Crippen LogP) is 4.63. The molecular weight excluding hydrogens is 242 g/mol. The molecule has 1 saturated carbocycles. The fourth-order valence-electron chi connectivity index (χ4n) is 2.96. The van der Waals surface area contributed by atoms with Crippen LogP contribution < -0.4 is 5.73 Å². The number of nitrogens with two attached hydrogens (primary N) is 1. The van der Waals surface area contributed by atoms with Crippen LogP contribution in [0.2, 0.25) is 5.02 Å². The molecule has 0 heterocycles. The van der Waals surface area contributed by atoms with Crippen molar-refractivity contribution in [3.63, 3.8) is 0 Å². The van der Waals surface area contributed by atoms with Crippen molar-refractivity contribution in [1.29, 1.82) is 0 Å². The second-order valence-electron chi connectivity index (χ2n) is 5.90. The van der Waals surface area contributed by atoms with E-state index in [1.54, 1.807) is 0 Å². The summed E-state index contributed by atoms with van der Waals surface area (Å²) in [6.07, 6.45) is 9.77. The van der Waals surface area contributed by atoms with Crippen LogP contribution in [-0.2, 0) is 6.42 Å². The van der Waals surface area contributed by atoms with Crippen LogP contribution in [0.4, 0.5) is 0 Å². The van der Waals surface area contributed by atoms with Crippen molar-refractivity contribution in [2.24, 2.45) is 5.73 Å². The number of aryl methyl sites for hydroxylation is 1. The summed E-state index contributed by atoms with van der Waals surface area (Å²) >= 11 is 6.33. The zero-order valence-electron chi connectivity index (χ0n) is 11.3. The van der Waals surface area contributed by atoms with Gasteiger partial charge in [0.15, 0.2) is 0 Å². The maximum atomic E-state index is 6.61. The lowest BCUT2D eigenvalue weighted by Gasteiger charge is -2.32. The van der Waals surface area contributed by atoms with Crippen LogP contribution in [0.3, 0.4) is 0 Å². The average Bonchev–Trinajstić information content (AvgIpc) is 2.29. The van der Waals surface area contributed by atoms with E-state index < -0.39 is 0 Å². The van der Waals surface area contributed by atoms with E-state index in [1.807, 2.05) is 6.07 Å². The minimum Gasteiger partial charge on any atom is -0.325 e. The van der Waals surface area contributed by atoms with Crippen LogP contribution in [0.1, 0.15) is 56.1 Å². The lowest BCUT2D eigenvalue weighted by molar-refractivity contribution is 0.314. The molecule has 1 nitrogen and oxygen atoms in total. The summed E-state index contributed by atoms with van der Waals surface area (Å²) in [6.45, 7) is 2.07. The molecule has 0 amide bonds. The fraction of sp³-hybridized carbons (Fsp3) is 0.625. The van der Waals surface area contributed by atoms with Gasteiger partial charge in [0, 0.05) is 10.6 Å². The zero-order valence-corrected chi connectivity index (χ0v) is 12.1. The molecule has 0 bridgehead atoms. The highest BCUT2D eigenvalue weighted by atomic mass is 35.5. The Kier molecular flexibility index (Phi) is 4.69. The smallest absolute Gasteiger partial charge is 0.0441 e. The highest BCUT2D eigenvalue weighted by Crippen LogP contribution is 2.30. The maximum Gasteiger partial charge on any atom is 0.0441 e. The van der Waals surface area contributed by atoms with Crippen molar-refractivity contribution >= 4 is 11.6 Å². The van der Waals surface area contributed by atoms with Gasteiger partial charge in [0.1, 0.15) is 0 Å². The highest BCUT2D eigenvalue weighted by Gasteiger charge is 2.26. The number of halogens is 1. The largest absolute Gasteiger partial charge is 0.325 e. The zero-order chi connectivity index (χ0) is 13.0. The minimum absolute atomic E-state index is 0.0423. The monoisotopic (exact) mass is 265 g/mol. The molecule has 0 unspecified atom stereocenters. The summed E-state index contributed by atoms with van der Waals surface area (Å²) in [4.78, 5) is 0. The summed E-state index contributed by atoms with van der Waals surface area (Å²) in [5.41, 5.74) is 9.00. The molecule has 1 aliphatic carbocycles. The van der Waals surface area contributed by atoms with Gasteiger partial charge in [-0.05, 0) is 43.4 Å². The molecule has 0 spiro atoms. The number of hydrogen-bond donors (Lipinski definition) is 1. The first-order valence-corrected chi connectivity index (χ1v) is 7.51. The molecule has 0 atom stereocenters. The van der Waals surface area contributed by atoms with Gasteiger partial charge in [-0.15, -0.1) is 0 Å². The Morgan fingerprint density at radius 1 is 1.11 bits per heavy atom. The maximum absolute atomic E-state index is 6.61. The summed E-state index contributed by atoms with van der Waals surface area (Å²) < 4.78 is 0. The normalized spacial score (nSPS) is 20.2. The number of hydrogen-bond acceptors (Lipinski definition) is 1. The van der Waals surface area contributed by atoms with Crippen LogP contribution in [0, 0.1) is 6.92 Å². The van der Waals surface area contributed by atoms with Crippen LogP contribution in [0.15, 0.2) is 18.2 Å². The number of rotatable bonds is 2. The van der Waals surface area contributed by atoms with Gasteiger partial charge in [-0.1, -0.05) is 55.8 Å². The third-order valence-electron chi connectivity index (χ3n) is 4.10. The Hall–Kier alpha value is -0.530. The van der Waals surface area contributed by atoms with Crippen LogP contribution in [0.25, 0.3) is 0 Å². The molecule has 0 aliphatic heterocycles. The third kappa shape index (κ3) is 3.73. The van der Waals surface area contributed by atoms with Crippen molar-refractivity contribution < 1.29 is 0 Å². The lowest BCUT2D eigenvalue weighted by Crippen LogP contribution is -2.42. The van der Waals surface area contributed by atoms with Crippen molar-refractivity contribution in [1.82, 2.24) is 0 Å². The van der Waals surface area contributed by atoms with E-state index in [0.29, 0.717) is 0 Å². The van der Waals surface area contributed by atoms with E-state index in [2.05, 4.69) is 19.1 Å². The van der Waals surface area contributed by atoms with Crippen molar-refractivity contribution in [3.8, 4) is 0 Å². The Morgan fingerprint density at radius 3 is 2.33 bits per heavy atom. The molecule has 2 heteroatoms. The topological polar surface area (TPSA) is 26.0 Å². The quantitative estimate of drug-likeness (QED) is 0.829. The van der Waals surface area contributed by atoms with E-state index >= 15 is 0 Å². The minimum atomic E-state index is -0.0423. The summed E-state index contributed by atoms with van der Waals surface area (Å²) in [7, 11) is 0. The first-order chi connectivity index (χ1) is 8.59. The Bertz CT molecular complexity index is 392. The molecule has 100 valence electrons. The average molecular weight is 266 g/mol. The van der Waals surface area contributed by atoms with Gasteiger partial charge in [-0.3, -0.25) is 0 Å². The predicted molar refractivity (Wildman–Crippen MR) is 79.1 cm³/mol. The van der Waals surface area contributed by atoms with Crippen LogP contribution >= 0.6 is 11.6 Å². The lowest BCUT2D eigenvalue weighted by atomic mass is 9.80. The van der Waals surface area contributed by atoms with Crippen molar-refractivity contribution in [2.45, 2.75) is 63.8 Å².